The van der Waals surface area contributed by atoms with E-state index in [-0.39, 0.29) is 30.5 Å². The maximum absolute atomic E-state index is 14.6. The van der Waals surface area contributed by atoms with Crippen LogP contribution in [0.2, 0.25) is 0 Å². The predicted octanol–water partition coefficient (Wildman–Crippen LogP) is 2.61. The van der Waals surface area contributed by atoms with E-state index in [9.17, 15) is 13.2 Å². The maximum atomic E-state index is 14.6. The van der Waals surface area contributed by atoms with Crippen LogP contribution in [0.25, 0.3) is 11.1 Å². The predicted molar refractivity (Wildman–Crippen MR) is 92.6 cm³/mol. The number of alkyl halides is 2. The molecule has 1 aromatic carbocycles. The van der Waals surface area contributed by atoms with Crippen molar-refractivity contribution in [1.29, 1.82) is 0 Å². The van der Waals surface area contributed by atoms with E-state index in [1.54, 1.807) is 24.3 Å². The second-order valence-electron chi connectivity index (χ2n) is 7.06. The SMILES string of the molecule is NC1=N[C@@]2(CO1)c1cc(-c3cccnc3F)ccc1OC1C2OCCC1(F)F. The average Bonchev–Trinajstić information content (AvgIpc) is 3.05. The first-order valence-corrected chi connectivity index (χ1v) is 8.80. The van der Waals surface area contributed by atoms with Crippen LogP contribution in [-0.4, -0.2) is 42.3 Å². The Balaban J connectivity index is 1.70. The summed E-state index contributed by atoms with van der Waals surface area (Å²) >= 11 is 0. The number of ether oxygens (including phenoxy) is 3. The molecule has 0 aliphatic carbocycles. The number of hydrogen-bond donors (Lipinski definition) is 1. The molecule has 2 unspecified atom stereocenters. The molecule has 1 fully saturated rings. The second-order valence-corrected chi connectivity index (χ2v) is 7.06. The van der Waals surface area contributed by atoms with Gasteiger partial charge in [0, 0.05) is 23.7 Å². The lowest BCUT2D eigenvalue weighted by Crippen LogP contribution is -2.63. The van der Waals surface area contributed by atoms with Crippen molar-refractivity contribution >= 4 is 6.02 Å². The minimum absolute atomic E-state index is 0.0641. The number of rotatable bonds is 1. The largest absolute Gasteiger partial charge is 0.481 e. The monoisotopic (exact) mass is 391 g/mol. The third-order valence-corrected chi connectivity index (χ3v) is 5.41. The summed E-state index contributed by atoms with van der Waals surface area (Å²) in [6.07, 6.45) is -1.70. The Hall–Kier alpha value is -2.81. The van der Waals surface area contributed by atoms with Gasteiger partial charge in [0.1, 0.15) is 18.5 Å². The number of hydrogen-bond acceptors (Lipinski definition) is 6. The van der Waals surface area contributed by atoms with Gasteiger partial charge in [-0.3, -0.25) is 0 Å². The van der Waals surface area contributed by atoms with E-state index in [2.05, 4.69) is 9.98 Å². The summed E-state index contributed by atoms with van der Waals surface area (Å²) in [7, 11) is 0. The fourth-order valence-corrected chi connectivity index (χ4v) is 4.07. The average molecular weight is 391 g/mol. The molecule has 4 heterocycles. The molecule has 2 N–H and O–H groups in total. The molecule has 3 atom stereocenters. The van der Waals surface area contributed by atoms with Crippen LogP contribution in [0.5, 0.6) is 5.75 Å². The zero-order chi connectivity index (χ0) is 19.5. The molecule has 9 heteroatoms. The van der Waals surface area contributed by atoms with Crippen molar-refractivity contribution in [3.63, 3.8) is 0 Å². The zero-order valence-electron chi connectivity index (χ0n) is 14.6. The van der Waals surface area contributed by atoms with Gasteiger partial charge in [0.05, 0.1) is 6.61 Å². The Bertz CT molecular complexity index is 984. The lowest BCUT2D eigenvalue weighted by molar-refractivity contribution is -0.226. The van der Waals surface area contributed by atoms with Crippen LogP contribution in [0.1, 0.15) is 12.0 Å². The standard InChI is InChI=1S/C19H16F3N3O3/c20-16-11(2-1-6-24-16)10-3-4-13-12(8-10)18(9-27-17(23)25-18)14-15(28-13)19(21,22)5-7-26-14/h1-4,6,8,14-15H,5,7,9H2,(H2,23,25)/t14?,15?,18-/m0/s1. The van der Waals surface area contributed by atoms with Gasteiger partial charge < -0.3 is 19.9 Å². The first-order valence-electron chi connectivity index (χ1n) is 8.80. The molecule has 3 aliphatic rings. The highest BCUT2D eigenvalue weighted by Crippen LogP contribution is 2.51. The van der Waals surface area contributed by atoms with E-state index in [1.165, 1.54) is 12.3 Å². The quantitative estimate of drug-likeness (QED) is 0.756. The van der Waals surface area contributed by atoms with E-state index in [0.717, 1.165) is 0 Å². The van der Waals surface area contributed by atoms with E-state index in [4.69, 9.17) is 19.9 Å². The van der Waals surface area contributed by atoms with Crippen LogP contribution in [0.15, 0.2) is 41.5 Å². The minimum Gasteiger partial charge on any atom is -0.481 e. The minimum atomic E-state index is -3.09. The summed E-state index contributed by atoms with van der Waals surface area (Å²) in [4.78, 5) is 8.01. The molecule has 6 nitrogen and oxygen atoms in total. The Labute approximate surface area is 158 Å². The molecule has 1 saturated heterocycles. The topological polar surface area (TPSA) is 79.0 Å². The molecule has 0 radical (unpaired) electrons. The molecule has 1 spiro atoms. The third-order valence-electron chi connectivity index (χ3n) is 5.41. The Morgan fingerprint density at radius 1 is 1.18 bits per heavy atom. The number of aromatic nitrogens is 1. The zero-order valence-corrected chi connectivity index (χ0v) is 14.6. The van der Waals surface area contributed by atoms with E-state index < -0.39 is 36.0 Å². The van der Waals surface area contributed by atoms with E-state index in [1.807, 2.05) is 0 Å². The number of fused-ring (bicyclic) bond motifs is 4. The van der Waals surface area contributed by atoms with Gasteiger partial charge in [0.2, 0.25) is 5.95 Å². The Morgan fingerprint density at radius 2 is 2.04 bits per heavy atom. The van der Waals surface area contributed by atoms with Crippen LogP contribution >= 0.6 is 0 Å². The summed E-state index contributed by atoms with van der Waals surface area (Å²) in [6, 6.07) is 7.85. The molecule has 0 bridgehead atoms. The smallest absolute Gasteiger partial charge is 0.289 e. The van der Waals surface area contributed by atoms with Crippen molar-refractivity contribution in [1.82, 2.24) is 4.98 Å². The summed E-state index contributed by atoms with van der Waals surface area (Å²) in [5.41, 5.74) is 5.69. The van der Waals surface area contributed by atoms with Gasteiger partial charge in [-0.1, -0.05) is 6.07 Å². The van der Waals surface area contributed by atoms with Crippen LogP contribution in [-0.2, 0) is 15.0 Å². The molecule has 2 aromatic rings. The van der Waals surface area contributed by atoms with Crippen LogP contribution < -0.4 is 10.5 Å². The molecule has 0 saturated carbocycles. The lowest BCUT2D eigenvalue weighted by atomic mass is 9.76. The van der Waals surface area contributed by atoms with Crippen molar-refractivity contribution in [2.75, 3.05) is 13.2 Å². The first kappa shape index (κ1) is 17.3. The summed E-state index contributed by atoms with van der Waals surface area (Å²) in [5, 5.41) is 0. The molecule has 3 aliphatic heterocycles. The van der Waals surface area contributed by atoms with E-state index in [0.29, 0.717) is 11.1 Å². The Morgan fingerprint density at radius 3 is 2.79 bits per heavy atom. The molecule has 1 aromatic heterocycles. The molecule has 5 rings (SSSR count). The summed E-state index contributed by atoms with van der Waals surface area (Å²) in [5.74, 6) is -3.51. The van der Waals surface area contributed by atoms with Crippen molar-refractivity contribution < 1.29 is 27.4 Å². The van der Waals surface area contributed by atoms with Crippen molar-refractivity contribution in [2.45, 2.75) is 30.1 Å². The van der Waals surface area contributed by atoms with Crippen molar-refractivity contribution in [3.8, 4) is 16.9 Å². The number of pyridine rings is 1. The molecule has 0 amide bonds. The van der Waals surface area contributed by atoms with Gasteiger partial charge in [-0.05, 0) is 29.8 Å². The maximum Gasteiger partial charge on any atom is 0.289 e. The first-order chi connectivity index (χ1) is 13.4. The third kappa shape index (κ3) is 2.39. The number of halogens is 3. The van der Waals surface area contributed by atoms with Crippen LogP contribution in [0.3, 0.4) is 0 Å². The number of amidine groups is 1. The van der Waals surface area contributed by atoms with Gasteiger partial charge in [0.25, 0.3) is 11.9 Å². The Kier molecular flexibility index (Phi) is 3.61. The van der Waals surface area contributed by atoms with Gasteiger partial charge >= 0.3 is 0 Å². The van der Waals surface area contributed by atoms with Gasteiger partial charge in [-0.25, -0.2) is 18.8 Å². The van der Waals surface area contributed by atoms with Crippen LogP contribution in [0, 0.1) is 5.95 Å². The highest BCUT2D eigenvalue weighted by atomic mass is 19.3. The molecular weight excluding hydrogens is 375 g/mol. The second kappa shape index (κ2) is 5.84. The highest BCUT2D eigenvalue weighted by Gasteiger charge is 2.63. The van der Waals surface area contributed by atoms with Gasteiger partial charge in [-0.2, -0.15) is 4.39 Å². The molecule has 146 valence electrons. The molecular formula is C19H16F3N3O3. The number of nitrogens with zero attached hydrogens (tertiary/aromatic N) is 2. The van der Waals surface area contributed by atoms with Crippen molar-refractivity contribution in [3.05, 3.63) is 48.0 Å². The highest BCUT2D eigenvalue weighted by molar-refractivity contribution is 5.75. The van der Waals surface area contributed by atoms with Gasteiger partial charge in [-0.15, -0.1) is 0 Å². The summed E-state index contributed by atoms with van der Waals surface area (Å²) in [6.45, 7) is -0.202. The normalized spacial score (nSPS) is 30.0. The number of aliphatic imine (C=N–C) groups is 1. The van der Waals surface area contributed by atoms with Gasteiger partial charge in [0.15, 0.2) is 11.6 Å². The van der Waals surface area contributed by atoms with Crippen molar-refractivity contribution in [2.24, 2.45) is 10.7 Å². The summed E-state index contributed by atoms with van der Waals surface area (Å²) < 4.78 is 60.0. The van der Waals surface area contributed by atoms with Crippen LogP contribution in [0.4, 0.5) is 13.2 Å². The number of benzene rings is 1. The lowest BCUT2D eigenvalue weighted by Gasteiger charge is -2.48. The fourth-order valence-electron chi connectivity index (χ4n) is 4.07. The van der Waals surface area contributed by atoms with E-state index >= 15 is 0 Å². The fraction of sp³-hybridized carbons (Fsp3) is 0.368. The number of nitrogens with two attached hydrogens (primary N) is 1. The molecule has 28 heavy (non-hydrogen) atoms.